The second-order valence-corrected chi connectivity index (χ2v) is 17.8. The Morgan fingerprint density at radius 2 is 1.57 bits per heavy atom. The summed E-state index contributed by atoms with van der Waals surface area (Å²) in [6, 6.07) is 13.0. The number of ether oxygens (including phenoxy) is 2. The van der Waals surface area contributed by atoms with Gasteiger partial charge in [-0.05, 0) is 126 Å². The fraction of sp³-hybridized carbons (Fsp3) is 0.500. The van der Waals surface area contributed by atoms with Crippen molar-refractivity contribution in [2.24, 2.45) is 11.8 Å². The first-order valence-electron chi connectivity index (χ1n) is 20.8. The van der Waals surface area contributed by atoms with E-state index < -0.39 is 35.1 Å². The van der Waals surface area contributed by atoms with Crippen LogP contribution in [0.3, 0.4) is 0 Å². The number of hydrogen-bond acceptors (Lipinski definition) is 11. The van der Waals surface area contributed by atoms with Crippen LogP contribution in [0, 0.1) is 24.6 Å². The minimum Gasteiger partial charge on any atom is -0.444 e. The van der Waals surface area contributed by atoms with Gasteiger partial charge in [-0.25, -0.2) is 19.0 Å². The predicted octanol–water partition coefficient (Wildman–Crippen LogP) is 6.43. The van der Waals surface area contributed by atoms with Crippen LogP contribution in [0.5, 0.6) is 0 Å². The molecule has 2 aromatic carbocycles. The van der Waals surface area contributed by atoms with E-state index >= 15 is 4.39 Å². The Morgan fingerprint density at radius 1 is 0.885 bits per heavy atom. The summed E-state index contributed by atoms with van der Waals surface area (Å²) >= 11 is 0. The Bertz CT molecular complexity index is 2150. The highest BCUT2D eigenvalue weighted by atomic mass is 19.1. The molecule has 0 unspecified atom stereocenters. The maximum absolute atomic E-state index is 15.1. The van der Waals surface area contributed by atoms with E-state index in [-0.39, 0.29) is 47.3 Å². The number of nitrogens with one attached hydrogen (secondary N) is 4. The molecule has 4 aromatic rings. The number of tetrazole rings is 1. The average Bonchev–Trinajstić information content (AvgIpc) is 3.74. The zero-order valence-electron chi connectivity index (χ0n) is 36.0. The molecular weight excluding hydrogens is 784 g/mol. The molecule has 1 saturated heterocycles. The molecule has 4 amide bonds. The van der Waals surface area contributed by atoms with E-state index in [4.69, 9.17) is 14.5 Å². The zero-order chi connectivity index (χ0) is 43.9. The van der Waals surface area contributed by atoms with E-state index in [1.54, 1.807) is 11.0 Å². The standard InChI is InChI=1S/C44H57FN10O6/c1-27-22-37(54-18-20-55(21-19-54)42(59)61-44(5,6)7)46-26-34(27)30-12-8-28(9-13-30)23-36(40(57)48-32-16-17-33(35(45)24-32)38-50-52-53-51-38)49-39(56)31-14-10-29(11-15-31)25-47-41(58)60-43(2,3)4/h8-9,12-13,16-17,22,24,26,29,31,36H,10-11,14-15,18-21,23,25H2,1-7H3,(H,47,58)(H,48,57)(H,49,56)(H,50,51,52,53)/t29-,31-,36-/m0/s1. The molecule has 4 N–H and O–H groups in total. The summed E-state index contributed by atoms with van der Waals surface area (Å²) in [7, 11) is 0. The molecule has 0 bridgehead atoms. The number of piperazine rings is 1. The SMILES string of the molecule is Cc1cc(N2CCN(C(=O)OC(C)(C)C)CC2)ncc1-c1ccc(C[C@H](NC(=O)[C@H]2CC[C@H](CNC(=O)OC(C)(C)C)CC2)C(=O)Nc2ccc(-c3nn[nH]n3)c(F)c2)cc1. The highest BCUT2D eigenvalue weighted by Crippen LogP contribution is 2.30. The Balaban J connectivity index is 1.10. The van der Waals surface area contributed by atoms with Crippen LogP contribution in [0.15, 0.2) is 54.7 Å². The molecule has 2 aromatic heterocycles. The van der Waals surface area contributed by atoms with E-state index in [0.717, 1.165) is 40.9 Å². The predicted molar refractivity (Wildman–Crippen MR) is 228 cm³/mol. The first kappa shape index (κ1) is 44.4. The lowest BCUT2D eigenvalue weighted by atomic mass is 9.81. The molecule has 2 fully saturated rings. The van der Waals surface area contributed by atoms with Gasteiger partial charge in [-0.3, -0.25) is 9.59 Å². The molecule has 61 heavy (non-hydrogen) atoms. The summed E-state index contributed by atoms with van der Waals surface area (Å²) in [6.07, 6.45) is 3.93. The lowest BCUT2D eigenvalue weighted by Gasteiger charge is -2.36. The van der Waals surface area contributed by atoms with Crippen LogP contribution in [-0.2, 0) is 25.5 Å². The second-order valence-electron chi connectivity index (χ2n) is 17.8. The number of aromatic amines is 1. The lowest BCUT2D eigenvalue weighted by molar-refractivity contribution is -0.130. The molecule has 16 nitrogen and oxygen atoms in total. The van der Waals surface area contributed by atoms with Gasteiger partial charge in [-0.2, -0.15) is 5.21 Å². The number of nitrogens with zero attached hydrogens (tertiary/aromatic N) is 6. The van der Waals surface area contributed by atoms with Crippen LogP contribution in [0.1, 0.15) is 78.4 Å². The third kappa shape index (κ3) is 12.5. The fourth-order valence-electron chi connectivity index (χ4n) is 7.47. The van der Waals surface area contributed by atoms with E-state index in [9.17, 15) is 19.2 Å². The molecular formula is C44H57FN10O6. The van der Waals surface area contributed by atoms with Crippen molar-refractivity contribution in [2.45, 2.75) is 97.8 Å². The van der Waals surface area contributed by atoms with Crippen molar-refractivity contribution >= 4 is 35.5 Å². The van der Waals surface area contributed by atoms with Crippen molar-refractivity contribution in [3.05, 3.63) is 71.7 Å². The van der Waals surface area contributed by atoms with Crippen LogP contribution < -0.4 is 20.9 Å². The van der Waals surface area contributed by atoms with E-state index in [2.05, 4.69) is 41.5 Å². The van der Waals surface area contributed by atoms with E-state index in [1.807, 2.05) is 85.0 Å². The van der Waals surface area contributed by atoms with Crippen molar-refractivity contribution in [1.82, 2.24) is 41.1 Å². The van der Waals surface area contributed by atoms with Crippen molar-refractivity contribution in [1.29, 1.82) is 0 Å². The highest BCUT2D eigenvalue weighted by molar-refractivity contribution is 5.98. The summed E-state index contributed by atoms with van der Waals surface area (Å²) < 4.78 is 26.0. The first-order valence-corrected chi connectivity index (χ1v) is 20.8. The monoisotopic (exact) mass is 840 g/mol. The number of hydrogen-bond donors (Lipinski definition) is 4. The summed E-state index contributed by atoms with van der Waals surface area (Å²) in [6.45, 7) is 15.9. The largest absolute Gasteiger partial charge is 0.444 e. The lowest BCUT2D eigenvalue weighted by Crippen LogP contribution is -2.50. The maximum atomic E-state index is 15.1. The summed E-state index contributed by atoms with van der Waals surface area (Å²) in [5.41, 5.74) is 2.92. The number of H-pyrrole nitrogens is 1. The van der Waals surface area contributed by atoms with Gasteiger partial charge in [0.2, 0.25) is 17.6 Å². The zero-order valence-corrected chi connectivity index (χ0v) is 36.0. The number of halogens is 1. The number of pyridine rings is 1. The minimum absolute atomic E-state index is 0.0800. The van der Waals surface area contributed by atoms with Gasteiger partial charge in [0.05, 0.1) is 5.56 Å². The summed E-state index contributed by atoms with van der Waals surface area (Å²) in [5, 5.41) is 22.0. The number of aryl methyl sites for hydroxylation is 1. The molecule has 2 aliphatic rings. The molecule has 6 rings (SSSR count). The quantitative estimate of drug-likeness (QED) is 0.130. The third-order valence-corrected chi connectivity index (χ3v) is 10.7. The van der Waals surface area contributed by atoms with Crippen LogP contribution in [0.4, 0.5) is 25.5 Å². The van der Waals surface area contributed by atoms with Crippen LogP contribution in [-0.4, -0.2) is 104 Å². The van der Waals surface area contributed by atoms with Gasteiger partial charge in [0.15, 0.2) is 0 Å². The molecule has 0 radical (unpaired) electrons. The highest BCUT2D eigenvalue weighted by Gasteiger charge is 2.31. The number of rotatable bonds is 11. The molecule has 1 aliphatic carbocycles. The van der Waals surface area contributed by atoms with E-state index in [1.165, 1.54) is 12.1 Å². The van der Waals surface area contributed by atoms with Gasteiger partial charge in [-0.15, -0.1) is 10.2 Å². The summed E-state index contributed by atoms with van der Waals surface area (Å²) in [5.74, 6) is -0.570. The normalized spacial score (nSPS) is 17.6. The number of amides is 4. The molecule has 326 valence electrons. The third-order valence-electron chi connectivity index (χ3n) is 10.7. The van der Waals surface area contributed by atoms with Crippen molar-refractivity contribution in [3.8, 4) is 22.5 Å². The number of carbonyl (C=O) groups is 4. The minimum atomic E-state index is -0.969. The topological polar surface area (TPSA) is 197 Å². The first-order chi connectivity index (χ1) is 28.9. The molecule has 1 saturated carbocycles. The maximum Gasteiger partial charge on any atom is 0.410 e. The van der Waals surface area contributed by atoms with Gasteiger partial charge >= 0.3 is 12.2 Å². The van der Waals surface area contributed by atoms with Gasteiger partial charge in [0, 0.05) is 62.5 Å². The molecule has 3 heterocycles. The number of anilines is 2. The Hall–Kier alpha value is -6.13. The van der Waals surface area contributed by atoms with Crippen molar-refractivity contribution < 1.29 is 33.0 Å². The molecule has 0 spiro atoms. The Labute approximate surface area is 355 Å². The number of aromatic nitrogens is 5. The van der Waals surface area contributed by atoms with Gasteiger partial charge in [0.1, 0.15) is 28.9 Å². The van der Waals surface area contributed by atoms with Crippen LogP contribution >= 0.6 is 0 Å². The second kappa shape index (κ2) is 19.1. The number of benzene rings is 2. The van der Waals surface area contributed by atoms with Gasteiger partial charge in [-0.1, -0.05) is 24.3 Å². The Kier molecular flexibility index (Phi) is 13.9. The van der Waals surface area contributed by atoms with Crippen molar-refractivity contribution in [2.75, 3.05) is 42.9 Å². The van der Waals surface area contributed by atoms with Crippen molar-refractivity contribution in [3.63, 3.8) is 0 Å². The van der Waals surface area contributed by atoms with Crippen LogP contribution in [0.2, 0.25) is 0 Å². The number of carbonyl (C=O) groups excluding carboxylic acids is 4. The molecule has 17 heteroatoms. The molecule has 1 atom stereocenters. The smallest absolute Gasteiger partial charge is 0.410 e. The van der Waals surface area contributed by atoms with Crippen LogP contribution in [0.25, 0.3) is 22.5 Å². The average molecular weight is 841 g/mol. The van der Waals surface area contributed by atoms with Gasteiger partial charge < -0.3 is 35.2 Å². The number of alkyl carbamates (subject to hydrolysis) is 1. The van der Waals surface area contributed by atoms with E-state index in [0.29, 0.717) is 45.6 Å². The van der Waals surface area contributed by atoms with Gasteiger partial charge in [0.25, 0.3) is 0 Å². The molecule has 1 aliphatic heterocycles. The summed E-state index contributed by atoms with van der Waals surface area (Å²) in [4.78, 5) is 61.0. The fourth-order valence-corrected chi connectivity index (χ4v) is 7.47. The Morgan fingerprint density at radius 3 is 2.18 bits per heavy atom.